The standard InChI is InChI=1S/C26H32N2O5/c1-3-9-18(16-24(29)28(4-2)15-14-25(30)31)27-26(32)33-17-23-21-12-7-5-10-19(21)20-11-6-8-13-22(20)23/h5-8,10-13,18,23H,3-4,9,14-17H2,1-2H3,(H,27,32)(H,30,31)/t18-/m1/s1. The molecule has 1 atom stereocenters. The summed E-state index contributed by atoms with van der Waals surface area (Å²) in [7, 11) is 0. The molecule has 2 aromatic carbocycles. The lowest BCUT2D eigenvalue weighted by Crippen LogP contribution is -2.41. The molecule has 0 spiro atoms. The molecule has 0 radical (unpaired) electrons. The highest BCUT2D eigenvalue weighted by Gasteiger charge is 2.29. The Bertz CT molecular complexity index is 945. The first-order valence-corrected chi connectivity index (χ1v) is 11.6. The minimum atomic E-state index is -0.942. The summed E-state index contributed by atoms with van der Waals surface area (Å²) in [6.07, 6.45) is 0.898. The van der Waals surface area contributed by atoms with Crippen LogP contribution in [0.5, 0.6) is 0 Å². The Hall–Kier alpha value is -3.35. The number of hydrogen-bond donors (Lipinski definition) is 2. The van der Waals surface area contributed by atoms with Gasteiger partial charge in [-0.15, -0.1) is 0 Å². The number of hydrogen-bond acceptors (Lipinski definition) is 4. The van der Waals surface area contributed by atoms with Crippen LogP contribution in [0, 0.1) is 0 Å². The summed E-state index contributed by atoms with van der Waals surface area (Å²) in [5.41, 5.74) is 4.61. The van der Waals surface area contributed by atoms with E-state index >= 15 is 0 Å². The van der Waals surface area contributed by atoms with Gasteiger partial charge in [0.15, 0.2) is 0 Å². The van der Waals surface area contributed by atoms with Gasteiger partial charge in [0.05, 0.1) is 6.42 Å². The molecule has 176 valence electrons. The monoisotopic (exact) mass is 452 g/mol. The van der Waals surface area contributed by atoms with Crippen LogP contribution in [0.25, 0.3) is 11.1 Å². The van der Waals surface area contributed by atoms with Gasteiger partial charge in [-0.25, -0.2) is 4.79 Å². The van der Waals surface area contributed by atoms with E-state index < -0.39 is 12.1 Å². The second-order valence-corrected chi connectivity index (χ2v) is 8.28. The van der Waals surface area contributed by atoms with E-state index in [0.29, 0.717) is 13.0 Å². The number of fused-ring (bicyclic) bond motifs is 3. The van der Waals surface area contributed by atoms with E-state index in [2.05, 4.69) is 29.6 Å². The molecular formula is C26H32N2O5. The quantitative estimate of drug-likeness (QED) is 0.527. The van der Waals surface area contributed by atoms with Gasteiger partial charge in [-0.3, -0.25) is 9.59 Å². The number of nitrogens with one attached hydrogen (secondary N) is 1. The van der Waals surface area contributed by atoms with Crippen LogP contribution in [0.4, 0.5) is 4.79 Å². The molecule has 0 unspecified atom stereocenters. The van der Waals surface area contributed by atoms with E-state index in [9.17, 15) is 14.4 Å². The van der Waals surface area contributed by atoms with Crippen LogP contribution in [0.3, 0.4) is 0 Å². The maximum absolute atomic E-state index is 12.6. The van der Waals surface area contributed by atoms with E-state index in [-0.39, 0.29) is 43.9 Å². The first-order chi connectivity index (χ1) is 15.9. The zero-order chi connectivity index (χ0) is 23.8. The van der Waals surface area contributed by atoms with E-state index in [1.807, 2.05) is 38.1 Å². The SMILES string of the molecule is CCC[C@H](CC(=O)N(CC)CCC(=O)O)NC(=O)OCC1c2ccccc2-c2ccccc21. The van der Waals surface area contributed by atoms with Crippen molar-refractivity contribution in [1.29, 1.82) is 0 Å². The lowest BCUT2D eigenvalue weighted by atomic mass is 9.98. The van der Waals surface area contributed by atoms with Crippen molar-refractivity contribution < 1.29 is 24.2 Å². The molecule has 0 aromatic heterocycles. The predicted molar refractivity (Wildman–Crippen MR) is 126 cm³/mol. The van der Waals surface area contributed by atoms with Gasteiger partial charge in [0.2, 0.25) is 5.91 Å². The number of carbonyl (C=O) groups excluding carboxylic acids is 2. The fourth-order valence-electron chi connectivity index (χ4n) is 4.41. The average Bonchev–Trinajstić information content (AvgIpc) is 3.12. The number of nitrogens with zero attached hydrogens (tertiary/aromatic N) is 1. The second kappa shape index (κ2) is 11.5. The third-order valence-electron chi connectivity index (χ3n) is 6.05. The molecule has 7 heteroatoms. The van der Waals surface area contributed by atoms with Crippen LogP contribution in [0.1, 0.15) is 56.6 Å². The van der Waals surface area contributed by atoms with Gasteiger partial charge in [-0.05, 0) is 35.6 Å². The second-order valence-electron chi connectivity index (χ2n) is 8.28. The van der Waals surface area contributed by atoms with Crippen LogP contribution in [0.15, 0.2) is 48.5 Å². The largest absolute Gasteiger partial charge is 0.481 e. The van der Waals surface area contributed by atoms with Gasteiger partial charge in [0, 0.05) is 31.5 Å². The minimum Gasteiger partial charge on any atom is -0.481 e. The summed E-state index contributed by atoms with van der Waals surface area (Å²) in [5.74, 6) is -1.14. The third kappa shape index (κ3) is 6.12. The summed E-state index contributed by atoms with van der Waals surface area (Å²) < 4.78 is 5.61. The van der Waals surface area contributed by atoms with E-state index in [1.54, 1.807) is 0 Å². The molecule has 0 saturated carbocycles. The van der Waals surface area contributed by atoms with Crippen LogP contribution in [0.2, 0.25) is 0 Å². The lowest BCUT2D eigenvalue weighted by molar-refractivity contribution is -0.138. The molecule has 33 heavy (non-hydrogen) atoms. The van der Waals surface area contributed by atoms with E-state index in [1.165, 1.54) is 4.90 Å². The Balaban J connectivity index is 1.59. The van der Waals surface area contributed by atoms with Crippen molar-refractivity contribution in [2.75, 3.05) is 19.7 Å². The molecule has 1 aliphatic rings. The fourth-order valence-corrected chi connectivity index (χ4v) is 4.41. The third-order valence-corrected chi connectivity index (χ3v) is 6.05. The Morgan fingerprint density at radius 3 is 2.18 bits per heavy atom. The van der Waals surface area contributed by atoms with Gasteiger partial charge in [0.1, 0.15) is 6.61 Å². The summed E-state index contributed by atoms with van der Waals surface area (Å²) in [6, 6.07) is 15.9. The van der Waals surface area contributed by atoms with Gasteiger partial charge in [-0.2, -0.15) is 0 Å². The van der Waals surface area contributed by atoms with Crippen molar-refractivity contribution in [3.63, 3.8) is 0 Å². The Morgan fingerprint density at radius 1 is 1.03 bits per heavy atom. The lowest BCUT2D eigenvalue weighted by Gasteiger charge is -2.24. The normalized spacial score (nSPS) is 13.0. The van der Waals surface area contributed by atoms with Gasteiger partial charge in [0.25, 0.3) is 0 Å². The molecule has 3 rings (SSSR count). The number of ether oxygens (including phenoxy) is 1. The summed E-state index contributed by atoms with van der Waals surface area (Å²) in [4.78, 5) is 37.6. The number of carbonyl (C=O) groups is 3. The number of carboxylic acids is 1. The van der Waals surface area contributed by atoms with Crippen molar-refractivity contribution in [3.05, 3.63) is 59.7 Å². The number of rotatable bonds is 11. The van der Waals surface area contributed by atoms with Crippen molar-refractivity contribution in [3.8, 4) is 11.1 Å². The highest BCUT2D eigenvalue weighted by molar-refractivity contribution is 5.80. The zero-order valence-corrected chi connectivity index (χ0v) is 19.3. The number of aliphatic carboxylic acids is 1. The number of benzene rings is 2. The summed E-state index contributed by atoms with van der Waals surface area (Å²) in [6.45, 7) is 4.60. The molecule has 7 nitrogen and oxygen atoms in total. The Labute approximate surface area is 194 Å². The summed E-state index contributed by atoms with van der Waals surface area (Å²) >= 11 is 0. The van der Waals surface area contributed by atoms with Crippen molar-refractivity contribution in [2.45, 2.75) is 51.5 Å². The molecule has 0 saturated heterocycles. The van der Waals surface area contributed by atoms with Gasteiger partial charge < -0.3 is 20.1 Å². The van der Waals surface area contributed by atoms with E-state index in [4.69, 9.17) is 9.84 Å². The molecular weight excluding hydrogens is 420 g/mol. The summed E-state index contributed by atoms with van der Waals surface area (Å²) in [5, 5.41) is 11.7. The molecule has 1 aliphatic carbocycles. The molecule has 2 aromatic rings. The van der Waals surface area contributed by atoms with Crippen LogP contribution in [-0.2, 0) is 14.3 Å². The van der Waals surface area contributed by atoms with Crippen molar-refractivity contribution in [2.24, 2.45) is 0 Å². The molecule has 2 N–H and O–H groups in total. The number of alkyl carbamates (subject to hydrolysis) is 1. The highest BCUT2D eigenvalue weighted by atomic mass is 16.5. The van der Waals surface area contributed by atoms with Crippen LogP contribution >= 0.6 is 0 Å². The number of amides is 2. The molecule has 0 heterocycles. The Morgan fingerprint density at radius 2 is 1.64 bits per heavy atom. The molecule has 0 fully saturated rings. The average molecular weight is 453 g/mol. The maximum Gasteiger partial charge on any atom is 0.407 e. The van der Waals surface area contributed by atoms with Crippen molar-refractivity contribution >= 4 is 18.0 Å². The molecule has 0 aliphatic heterocycles. The zero-order valence-electron chi connectivity index (χ0n) is 19.3. The first kappa shape index (κ1) is 24.3. The number of carboxylic acid groups (broad SMARTS) is 1. The molecule has 2 amide bonds. The fraction of sp³-hybridized carbons (Fsp3) is 0.423. The minimum absolute atomic E-state index is 0.0268. The topological polar surface area (TPSA) is 95.9 Å². The van der Waals surface area contributed by atoms with Crippen LogP contribution in [-0.4, -0.2) is 53.7 Å². The van der Waals surface area contributed by atoms with Crippen LogP contribution < -0.4 is 5.32 Å². The van der Waals surface area contributed by atoms with Crippen molar-refractivity contribution in [1.82, 2.24) is 10.2 Å². The van der Waals surface area contributed by atoms with E-state index in [0.717, 1.165) is 28.7 Å². The molecule has 0 bridgehead atoms. The predicted octanol–water partition coefficient (Wildman–Crippen LogP) is 4.41. The smallest absolute Gasteiger partial charge is 0.407 e. The van der Waals surface area contributed by atoms with Gasteiger partial charge in [-0.1, -0.05) is 61.9 Å². The Kier molecular flexibility index (Phi) is 8.46. The highest BCUT2D eigenvalue weighted by Crippen LogP contribution is 2.44. The first-order valence-electron chi connectivity index (χ1n) is 11.6. The van der Waals surface area contributed by atoms with Gasteiger partial charge >= 0.3 is 12.1 Å². The maximum atomic E-state index is 12.6.